The second kappa shape index (κ2) is 8.26. The van der Waals surface area contributed by atoms with Crippen LogP contribution in [0, 0.1) is 0 Å². The van der Waals surface area contributed by atoms with Crippen molar-refractivity contribution < 1.29 is 0 Å². The minimum Gasteiger partial charge on any atom is -0.363 e. The van der Waals surface area contributed by atoms with Gasteiger partial charge in [-0.05, 0) is 37.3 Å². The molecule has 0 atom stereocenters. The molecule has 8 nitrogen and oxygen atoms in total. The van der Waals surface area contributed by atoms with Gasteiger partial charge in [0, 0.05) is 59.1 Å². The maximum atomic E-state index is 12.3. The molecule has 0 bridgehead atoms. The summed E-state index contributed by atoms with van der Waals surface area (Å²) >= 11 is 0. The van der Waals surface area contributed by atoms with E-state index < -0.39 is 0 Å². The Bertz CT molecular complexity index is 871. The highest BCUT2D eigenvalue weighted by Crippen LogP contribution is 2.17. The van der Waals surface area contributed by atoms with E-state index in [4.69, 9.17) is 0 Å². The van der Waals surface area contributed by atoms with E-state index in [1.807, 2.05) is 31.3 Å². The molecule has 0 aromatic carbocycles. The van der Waals surface area contributed by atoms with E-state index in [0.29, 0.717) is 6.54 Å². The molecule has 0 unspecified atom stereocenters. The first-order valence-electron chi connectivity index (χ1n) is 10.2. The third-order valence-corrected chi connectivity index (χ3v) is 5.64. The van der Waals surface area contributed by atoms with E-state index in [2.05, 4.69) is 24.9 Å². The molecule has 4 rings (SSSR count). The summed E-state index contributed by atoms with van der Waals surface area (Å²) in [6, 6.07) is 3.72. The van der Waals surface area contributed by atoms with E-state index >= 15 is 0 Å². The number of nitrogens with zero attached hydrogens (tertiary/aromatic N) is 7. The van der Waals surface area contributed by atoms with Crippen molar-refractivity contribution in [1.82, 2.24) is 24.6 Å². The zero-order valence-electron chi connectivity index (χ0n) is 16.8. The van der Waals surface area contributed by atoms with Gasteiger partial charge in [-0.15, -0.1) is 0 Å². The molecule has 28 heavy (non-hydrogen) atoms. The van der Waals surface area contributed by atoms with Gasteiger partial charge >= 0.3 is 0 Å². The lowest BCUT2D eigenvalue weighted by atomic mass is 9.97. The van der Waals surface area contributed by atoms with E-state index in [0.717, 1.165) is 68.6 Å². The van der Waals surface area contributed by atoms with Crippen molar-refractivity contribution in [3.05, 3.63) is 39.9 Å². The van der Waals surface area contributed by atoms with Gasteiger partial charge in [-0.25, -0.2) is 9.67 Å². The Hall–Kier alpha value is -2.48. The van der Waals surface area contributed by atoms with Crippen LogP contribution in [0.1, 0.15) is 24.1 Å². The largest absolute Gasteiger partial charge is 0.363 e. The fourth-order valence-corrected chi connectivity index (χ4v) is 3.91. The Morgan fingerprint density at radius 2 is 1.86 bits per heavy atom. The third-order valence-electron chi connectivity index (χ3n) is 5.64. The molecule has 0 saturated carbocycles. The Morgan fingerprint density at radius 1 is 1.07 bits per heavy atom. The summed E-state index contributed by atoms with van der Waals surface area (Å²) in [5, 5.41) is 4.63. The first-order valence-corrected chi connectivity index (χ1v) is 10.2. The molecule has 150 valence electrons. The molecule has 3 heterocycles. The highest BCUT2D eigenvalue weighted by molar-refractivity contribution is 5.42. The van der Waals surface area contributed by atoms with Crippen LogP contribution >= 0.6 is 0 Å². The third kappa shape index (κ3) is 4.16. The summed E-state index contributed by atoms with van der Waals surface area (Å²) in [5.74, 6) is 1.71. The Balaban J connectivity index is 1.33. The van der Waals surface area contributed by atoms with Gasteiger partial charge in [-0.1, -0.05) is 0 Å². The van der Waals surface area contributed by atoms with Gasteiger partial charge in [0.1, 0.15) is 5.82 Å². The normalized spacial score (nSPS) is 17.4. The molecule has 1 aliphatic heterocycles. The number of aryl methyl sites for hydroxylation is 2. The number of aromatic nitrogens is 4. The van der Waals surface area contributed by atoms with Crippen LogP contribution in [0.2, 0.25) is 0 Å². The molecule has 0 N–H and O–H groups in total. The summed E-state index contributed by atoms with van der Waals surface area (Å²) in [6.07, 6.45) is 6.16. The first kappa shape index (κ1) is 18.9. The molecule has 1 aliphatic carbocycles. The van der Waals surface area contributed by atoms with Crippen molar-refractivity contribution in [1.29, 1.82) is 0 Å². The fraction of sp³-hybridized carbons (Fsp3) is 0.600. The van der Waals surface area contributed by atoms with Gasteiger partial charge in [-0.2, -0.15) is 10.1 Å². The standard InChI is InChI=1S/C20H29N7O/c1-24(2)18-7-8-21-20(22-18)26-12-9-25(10-13-26)11-14-27-19(28)15-16-5-3-4-6-17(16)23-27/h7-8,15H,3-6,9-14H2,1-2H3. The van der Waals surface area contributed by atoms with E-state index in [1.165, 1.54) is 12.8 Å². The zero-order chi connectivity index (χ0) is 19.5. The molecular weight excluding hydrogens is 354 g/mol. The quantitative estimate of drug-likeness (QED) is 0.756. The maximum Gasteiger partial charge on any atom is 0.267 e. The minimum atomic E-state index is 0.0354. The predicted octanol–water partition coefficient (Wildman–Crippen LogP) is 0.800. The number of hydrogen-bond acceptors (Lipinski definition) is 7. The molecule has 0 radical (unpaired) electrons. The monoisotopic (exact) mass is 383 g/mol. The maximum absolute atomic E-state index is 12.3. The number of hydrogen-bond donors (Lipinski definition) is 0. The molecule has 1 saturated heterocycles. The second-order valence-electron chi connectivity index (χ2n) is 7.82. The van der Waals surface area contributed by atoms with Crippen molar-refractivity contribution in [2.45, 2.75) is 32.2 Å². The van der Waals surface area contributed by atoms with Crippen molar-refractivity contribution in [2.75, 3.05) is 56.6 Å². The fourth-order valence-electron chi connectivity index (χ4n) is 3.91. The van der Waals surface area contributed by atoms with Crippen LogP contribution in [-0.4, -0.2) is 71.5 Å². The topological polar surface area (TPSA) is 70.4 Å². The zero-order valence-corrected chi connectivity index (χ0v) is 16.8. The molecule has 1 fully saturated rings. The van der Waals surface area contributed by atoms with Crippen LogP contribution < -0.4 is 15.4 Å². The molecular formula is C20H29N7O. The van der Waals surface area contributed by atoms with E-state index in [-0.39, 0.29) is 5.56 Å². The minimum absolute atomic E-state index is 0.0354. The van der Waals surface area contributed by atoms with Gasteiger partial charge in [0.15, 0.2) is 0 Å². The molecule has 2 aromatic heterocycles. The Labute approximate surface area is 165 Å². The average molecular weight is 384 g/mol. The van der Waals surface area contributed by atoms with Gasteiger partial charge in [0.25, 0.3) is 5.56 Å². The van der Waals surface area contributed by atoms with E-state index in [9.17, 15) is 4.79 Å². The molecule has 2 aliphatic rings. The lowest BCUT2D eigenvalue weighted by Crippen LogP contribution is -2.48. The Morgan fingerprint density at radius 3 is 2.64 bits per heavy atom. The molecule has 2 aromatic rings. The van der Waals surface area contributed by atoms with Crippen molar-refractivity contribution in [2.24, 2.45) is 0 Å². The van der Waals surface area contributed by atoms with Crippen LogP contribution in [0.4, 0.5) is 11.8 Å². The Kier molecular flexibility index (Phi) is 5.57. The first-order chi connectivity index (χ1) is 13.6. The second-order valence-corrected chi connectivity index (χ2v) is 7.82. The van der Waals surface area contributed by atoms with Gasteiger partial charge in [0.2, 0.25) is 5.95 Å². The van der Waals surface area contributed by atoms with Crippen molar-refractivity contribution in [3.63, 3.8) is 0 Å². The lowest BCUT2D eigenvalue weighted by Gasteiger charge is -2.34. The molecule has 0 amide bonds. The van der Waals surface area contributed by atoms with Crippen molar-refractivity contribution >= 4 is 11.8 Å². The van der Waals surface area contributed by atoms with Gasteiger partial charge in [-0.3, -0.25) is 9.69 Å². The summed E-state index contributed by atoms with van der Waals surface area (Å²) in [4.78, 5) is 28.0. The van der Waals surface area contributed by atoms with Crippen LogP contribution in [0.15, 0.2) is 23.1 Å². The van der Waals surface area contributed by atoms with Crippen LogP contribution in [0.5, 0.6) is 0 Å². The molecule has 8 heteroatoms. The number of rotatable bonds is 5. The average Bonchev–Trinajstić information content (AvgIpc) is 2.72. The summed E-state index contributed by atoms with van der Waals surface area (Å²) in [7, 11) is 3.97. The van der Waals surface area contributed by atoms with Gasteiger partial charge in [0.05, 0.1) is 12.2 Å². The highest BCUT2D eigenvalue weighted by atomic mass is 16.1. The van der Waals surface area contributed by atoms with E-state index in [1.54, 1.807) is 10.7 Å². The summed E-state index contributed by atoms with van der Waals surface area (Å²) in [6.45, 7) is 5.16. The van der Waals surface area contributed by atoms with Crippen LogP contribution in [-0.2, 0) is 19.4 Å². The lowest BCUT2D eigenvalue weighted by molar-refractivity contribution is 0.241. The number of anilines is 2. The van der Waals surface area contributed by atoms with Crippen molar-refractivity contribution in [3.8, 4) is 0 Å². The smallest absolute Gasteiger partial charge is 0.267 e. The van der Waals surface area contributed by atoms with Gasteiger partial charge < -0.3 is 9.80 Å². The predicted molar refractivity (Wildman–Crippen MR) is 110 cm³/mol. The number of piperazine rings is 1. The SMILES string of the molecule is CN(C)c1ccnc(N2CCN(CCn3nc4c(cc3=O)CCCC4)CC2)n1. The molecule has 0 spiro atoms. The van der Waals surface area contributed by atoms with Crippen LogP contribution in [0.25, 0.3) is 0 Å². The highest BCUT2D eigenvalue weighted by Gasteiger charge is 2.20. The number of fused-ring (bicyclic) bond motifs is 1. The summed E-state index contributed by atoms with van der Waals surface area (Å²) < 4.78 is 1.65. The van der Waals surface area contributed by atoms with Crippen LogP contribution in [0.3, 0.4) is 0 Å². The summed E-state index contributed by atoms with van der Waals surface area (Å²) in [5.41, 5.74) is 2.31.